The van der Waals surface area contributed by atoms with E-state index < -0.39 is 5.97 Å². The molecule has 22 heavy (non-hydrogen) atoms. The third-order valence-corrected chi connectivity index (χ3v) is 4.38. The van der Waals surface area contributed by atoms with E-state index in [0.717, 1.165) is 5.56 Å². The van der Waals surface area contributed by atoms with Gasteiger partial charge in [0.05, 0.1) is 29.8 Å². The number of methoxy groups -OCH3 is 1. The number of hydrogen-bond acceptors (Lipinski definition) is 4. The second-order valence-electron chi connectivity index (χ2n) is 4.38. The smallest absolute Gasteiger partial charge is 0.340 e. The number of carbonyl (C=O) groups excluding carboxylic acids is 2. The highest BCUT2D eigenvalue weighted by molar-refractivity contribution is 14.1. The molecule has 0 aliphatic heterocycles. The number of esters is 1. The van der Waals surface area contributed by atoms with Gasteiger partial charge in [0.25, 0.3) is 0 Å². The number of amides is 1. The van der Waals surface area contributed by atoms with E-state index in [9.17, 15) is 9.59 Å². The van der Waals surface area contributed by atoms with Gasteiger partial charge in [0.1, 0.15) is 0 Å². The van der Waals surface area contributed by atoms with E-state index in [2.05, 4.69) is 10.3 Å². The van der Waals surface area contributed by atoms with Crippen LogP contribution in [0.15, 0.2) is 36.7 Å². The van der Waals surface area contributed by atoms with Gasteiger partial charge < -0.3 is 10.1 Å². The SMILES string of the molecule is COC(=O)c1cc(I)c(Cl)cc1NC(=O)Cc1ccncc1. The van der Waals surface area contributed by atoms with E-state index in [1.54, 1.807) is 36.7 Å². The van der Waals surface area contributed by atoms with E-state index >= 15 is 0 Å². The fourth-order valence-corrected chi connectivity index (χ4v) is 2.44. The Labute approximate surface area is 146 Å². The van der Waals surface area contributed by atoms with Gasteiger partial charge >= 0.3 is 5.97 Å². The lowest BCUT2D eigenvalue weighted by Crippen LogP contribution is -2.17. The van der Waals surface area contributed by atoms with E-state index in [1.165, 1.54) is 7.11 Å². The average molecular weight is 431 g/mol. The van der Waals surface area contributed by atoms with Crippen LogP contribution < -0.4 is 5.32 Å². The predicted octanol–water partition coefficient (Wildman–Crippen LogP) is 3.31. The zero-order valence-corrected chi connectivity index (χ0v) is 14.5. The van der Waals surface area contributed by atoms with Crippen molar-refractivity contribution in [2.24, 2.45) is 0 Å². The van der Waals surface area contributed by atoms with Gasteiger partial charge in [0, 0.05) is 16.0 Å². The molecule has 1 aromatic heterocycles. The molecule has 0 fully saturated rings. The molecule has 2 aromatic rings. The lowest BCUT2D eigenvalue weighted by Gasteiger charge is -2.11. The van der Waals surface area contributed by atoms with Crippen molar-refractivity contribution in [1.82, 2.24) is 4.98 Å². The van der Waals surface area contributed by atoms with E-state index in [1.807, 2.05) is 22.6 Å². The zero-order chi connectivity index (χ0) is 16.1. The Kier molecular flexibility index (Phi) is 5.73. The van der Waals surface area contributed by atoms with Gasteiger partial charge in [-0.2, -0.15) is 0 Å². The molecule has 0 unspecified atom stereocenters. The van der Waals surface area contributed by atoms with Gasteiger partial charge in [0.2, 0.25) is 5.91 Å². The lowest BCUT2D eigenvalue weighted by molar-refractivity contribution is -0.115. The number of anilines is 1. The Bertz CT molecular complexity index is 707. The molecule has 1 aromatic carbocycles. The van der Waals surface area contributed by atoms with E-state index in [-0.39, 0.29) is 17.9 Å². The van der Waals surface area contributed by atoms with Gasteiger partial charge in [-0.3, -0.25) is 9.78 Å². The first-order valence-electron chi connectivity index (χ1n) is 6.27. The number of carbonyl (C=O) groups is 2. The van der Waals surface area contributed by atoms with Crippen LogP contribution in [0.4, 0.5) is 5.69 Å². The van der Waals surface area contributed by atoms with Gasteiger partial charge in [-0.15, -0.1) is 0 Å². The third kappa shape index (κ3) is 4.17. The molecule has 5 nitrogen and oxygen atoms in total. The topological polar surface area (TPSA) is 68.3 Å². The van der Waals surface area contributed by atoms with Crippen LogP contribution in [0.1, 0.15) is 15.9 Å². The normalized spacial score (nSPS) is 10.1. The van der Waals surface area contributed by atoms with Crippen LogP contribution in [0.25, 0.3) is 0 Å². The van der Waals surface area contributed by atoms with Crippen molar-refractivity contribution in [1.29, 1.82) is 0 Å². The van der Waals surface area contributed by atoms with Crippen LogP contribution >= 0.6 is 34.2 Å². The molecule has 7 heteroatoms. The average Bonchev–Trinajstić information content (AvgIpc) is 2.50. The molecular weight excluding hydrogens is 419 g/mol. The Hall–Kier alpha value is -1.67. The summed E-state index contributed by atoms with van der Waals surface area (Å²) in [4.78, 5) is 27.8. The van der Waals surface area contributed by atoms with E-state index in [0.29, 0.717) is 14.3 Å². The van der Waals surface area contributed by atoms with Gasteiger partial charge in [-0.05, 0) is 52.4 Å². The molecule has 1 amide bonds. The summed E-state index contributed by atoms with van der Waals surface area (Å²) in [7, 11) is 1.28. The summed E-state index contributed by atoms with van der Waals surface area (Å²) < 4.78 is 5.43. The van der Waals surface area contributed by atoms with Crippen molar-refractivity contribution in [3.8, 4) is 0 Å². The summed E-state index contributed by atoms with van der Waals surface area (Å²) in [5.74, 6) is -0.789. The Morgan fingerprint density at radius 3 is 2.64 bits per heavy atom. The molecule has 0 saturated heterocycles. The van der Waals surface area contributed by atoms with Crippen molar-refractivity contribution in [2.45, 2.75) is 6.42 Å². The molecular formula is C15H12ClIN2O3. The van der Waals surface area contributed by atoms with Crippen molar-refractivity contribution in [3.05, 3.63) is 56.4 Å². The summed E-state index contributed by atoms with van der Waals surface area (Å²) in [6, 6.07) is 6.63. The standard InChI is InChI=1S/C15H12ClIN2O3/c1-22-15(21)10-7-12(17)11(16)8-13(10)19-14(20)6-9-2-4-18-5-3-9/h2-5,7-8H,6H2,1H3,(H,19,20). The monoisotopic (exact) mass is 430 g/mol. The molecule has 0 radical (unpaired) electrons. The van der Waals surface area contributed by atoms with Crippen molar-refractivity contribution in [3.63, 3.8) is 0 Å². The summed E-state index contributed by atoms with van der Waals surface area (Å²) >= 11 is 8.07. The molecule has 114 valence electrons. The third-order valence-electron chi connectivity index (χ3n) is 2.85. The highest BCUT2D eigenvalue weighted by atomic mass is 127. The number of rotatable bonds is 4. The Morgan fingerprint density at radius 1 is 1.32 bits per heavy atom. The van der Waals surface area contributed by atoms with E-state index in [4.69, 9.17) is 16.3 Å². The molecule has 0 atom stereocenters. The predicted molar refractivity (Wildman–Crippen MR) is 92.1 cm³/mol. The minimum atomic E-state index is -0.534. The minimum Gasteiger partial charge on any atom is -0.465 e. The fourth-order valence-electron chi connectivity index (χ4n) is 1.81. The van der Waals surface area contributed by atoms with Crippen LogP contribution in [0, 0.1) is 3.57 Å². The summed E-state index contributed by atoms with van der Waals surface area (Å²) in [6.45, 7) is 0. The zero-order valence-electron chi connectivity index (χ0n) is 11.6. The first-order valence-corrected chi connectivity index (χ1v) is 7.73. The van der Waals surface area contributed by atoms with Crippen molar-refractivity contribution < 1.29 is 14.3 Å². The number of ether oxygens (including phenoxy) is 1. The van der Waals surface area contributed by atoms with Crippen LogP contribution in [-0.4, -0.2) is 24.0 Å². The highest BCUT2D eigenvalue weighted by Crippen LogP contribution is 2.27. The number of benzene rings is 1. The molecule has 2 rings (SSSR count). The minimum absolute atomic E-state index is 0.173. The molecule has 0 bridgehead atoms. The number of halogens is 2. The lowest BCUT2D eigenvalue weighted by atomic mass is 10.1. The second kappa shape index (κ2) is 7.55. The Balaban J connectivity index is 2.23. The molecule has 0 saturated carbocycles. The number of nitrogens with zero attached hydrogens (tertiary/aromatic N) is 1. The summed E-state index contributed by atoms with van der Waals surface area (Å²) in [6.07, 6.45) is 3.40. The fraction of sp³-hybridized carbons (Fsp3) is 0.133. The Morgan fingerprint density at radius 2 is 2.00 bits per heavy atom. The van der Waals surface area contributed by atoms with Crippen LogP contribution in [0.5, 0.6) is 0 Å². The maximum absolute atomic E-state index is 12.1. The molecule has 0 spiro atoms. The quantitative estimate of drug-likeness (QED) is 0.597. The summed E-state index contributed by atoms with van der Waals surface area (Å²) in [5.41, 5.74) is 1.42. The number of nitrogens with one attached hydrogen (secondary N) is 1. The highest BCUT2D eigenvalue weighted by Gasteiger charge is 2.16. The first-order chi connectivity index (χ1) is 10.5. The maximum Gasteiger partial charge on any atom is 0.340 e. The maximum atomic E-state index is 12.1. The summed E-state index contributed by atoms with van der Waals surface area (Å²) in [5, 5.41) is 3.15. The van der Waals surface area contributed by atoms with Gasteiger partial charge in [-0.1, -0.05) is 11.6 Å². The first kappa shape index (κ1) is 16.7. The molecule has 1 N–H and O–H groups in total. The second-order valence-corrected chi connectivity index (χ2v) is 5.95. The van der Waals surface area contributed by atoms with Crippen LogP contribution in [0.3, 0.4) is 0 Å². The number of hydrogen-bond donors (Lipinski definition) is 1. The van der Waals surface area contributed by atoms with Crippen LogP contribution in [-0.2, 0) is 16.0 Å². The largest absolute Gasteiger partial charge is 0.465 e. The van der Waals surface area contributed by atoms with Gasteiger partial charge in [-0.25, -0.2) is 4.79 Å². The number of pyridine rings is 1. The van der Waals surface area contributed by atoms with Gasteiger partial charge in [0.15, 0.2) is 0 Å². The van der Waals surface area contributed by atoms with Crippen molar-refractivity contribution in [2.75, 3.05) is 12.4 Å². The molecule has 1 heterocycles. The van der Waals surface area contributed by atoms with Crippen LogP contribution in [0.2, 0.25) is 5.02 Å². The molecule has 0 aliphatic rings. The number of aromatic nitrogens is 1. The van der Waals surface area contributed by atoms with Crippen molar-refractivity contribution >= 4 is 51.8 Å². The molecule has 0 aliphatic carbocycles.